The van der Waals surface area contributed by atoms with Crippen LogP contribution in [0, 0.1) is 0 Å². The topological polar surface area (TPSA) is 90.1 Å². The van der Waals surface area contributed by atoms with Gasteiger partial charge in [-0.05, 0) is 49.8 Å². The van der Waals surface area contributed by atoms with E-state index in [1.165, 1.54) is 23.0 Å². The molecule has 0 fully saturated rings. The Hall–Kier alpha value is -2.88. The zero-order chi connectivity index (χ0) is 24.6. The summed E-state index contributed by atoms with van der Waals surface area (Å²) in [5.41, 5.74) is 1.51. The number of phenolic OH excluding ortho intramolecular Hbond substituents is 1. The number of esters is 1. The van der Waals surface area contributed by atoms with Crippen LogP contribution in [0.1, 0.15) is 31.0 Å². The van der Waals surface area contributed by atoms with E-state index < -0.39 is 12.0 Å². The summed E-state index contributed by atoms with van der Waals surface area (Å²) in [5.74, 6) is -0.352. The molecule has 10 heteroatoms. The van der Waals surface area contributed by atoms with E-state index in [4.69, 9.17) is 21.1 Å². The predicted molar refractivity (Wildman–Crippen MR) is 134 cm³/mol. The second-order valence-electron chi connectivity index (χ2n) is 7.40. The molecule has 34 heavy (non-hydrogen) atoms. The summed E-state index contributed by atoms with van der Waals surface area (Å²) in [6, 6.07) is 9.53. The van der Waals surface area contributed by atoms with Crippen LogP contribution in [0.25, 0.3) is 6.08 Å². The Bertz CT molecular complexity index is 1490. The lowest BCUT2D eigenvalue weighted by Gasteiger charge is -2.24. The van der Waals surface area contributed by atoms with Gasteiger partial charge in [-0.2, -0.15) is 0 Å². The van der Waals surface area contributed by atoms with Gasteiger partial charge < -0.3 is 14.6 Å². The number of phenols is 1. The third kappa shape index (κ3) is 4.43. The highest BCUT2D eigenvalue weighted by molar-refractivity contribution is 9.10. The van der Waals surface area contributed by atoms with E-state index in [0.29, 0.717) is 35.7 Å². The van der Waals surface area contributed by atoms with E-state index >= 15 is 0 Å². The van der Waals surface area contributed by atoms with Gasteiger partial charge >= 0.3 is 5.97 Å². The average Bonchev–Trinajstić information content (AvgIpc) is 3.10. The maximum atomic E-state index is 13.6. The third-order valence-corrected chi connectivity index (χ3v) is 6.97. The molecule has 0 bridgehead atoms. The number of hydrogen-bond donors (Lipinski definition) is 1. The summed E-state index contributed by atoms with van der Waals surface area (Å²) in [6.45, 7) is 3.63. The Kier molecular flexibility index (Phi) is 6.97. The molecule has 1 atom stereocenters. The molecule has 1 N–H and O–H groups in total. The van der Waals surface area contributed by atoms with E-state index in [1.807, 2.05) is 0 Å². The minimum Gasteiger partial charge on any atom is -0.504 e. The molecule has 1 aliphatic heterocycles. The minimum absolute atomic E-state index is 0.0887. The number of nitrogens with zero attached hydrogens (tertiary/aromatic N) is 2. The van der Waals surface area contributed by atoms with E-state index in [1.54, 1.807) is 56.3 Å². The van der Waals surface area contributed by atoms with Gasteiger partial charge in [0.1, 0.15) is 0 Å². The van der Waals surface area contributed by atoms with Gasteiger partial charge in [0.25, 0.3) is 5.56 Å². The van der Waals surface area contributed by atoms with Crippen molar-refractivity contribution in [3.05, 3.63) is 88.0 Å². The van der Waals surface area contributed by atoms with Gasteiger partial charge in [-0.15, -0.1) is 0 Å². The maximum Gasteiger partial charge on any atom is 0.338 e. The molecule has 0 saturated heterocycles. The molecule has 0 amide bonds. The van der Waals surface area contributed by atoms with Gasteiger partial charge in [-0.25, -0.2) is 9.79 Å². The van der Waals surface area contributed by atoms with E-state index in [2.05, 4.69) is 20.9 Å². The number of halogens is 2. The second-order valence-corrected chi connectivity index (χ2v) is 9.76. The number of thiazole rings is 1. The van der Waals surface area contributed by atoms with Crippen LogP contribution in [0.5, 0.6) is 11.5 Å². The van der Waals surface area contributed by atoms with Crippen molar-refractivity contribution >= 4 is 50.9 Å². The van der Waals surface area contributed by atoms with Crippen molar-refractivity contribution in [2.45, 2.75) is 19.9 Å². The van der Waals surface area contributed by atoms with Crippen LogP contribution in [0.2, 0.25) is 5.02 Å². The van der Waals surface area contributed by atoms with Crippen LogP contribution in [0.3, 0.4) is 0 Å². The molecule has 0 aliphatic carbocycles. The maximum absolute atomic E-state index is 13.6. The molecule has 7 nitrogen and oxygen atoms in total. The molecule has 4 rings (SSSR count). The molecule has 2 heterocycles. The zero-order valence-electron chi connectivity index (χ0n) is 18.5. The van der Waals surface area contributed by atoms with Crippen LogP contribution in [-0.2, 0) is 9.53 Å². The number of fused-ring (bicyclic) bond motifs is 1. The molecule has 0 spiro atoms. The number of aromatic nitrogens is 1. The number of hydrogen-bond acceptors (Lipinski definition) is 7. The van der Waals surface area contributed by atoms with Crippen LogP contribution in [0.15, 0.2) is 61.9 Å². The standard InChI is InChI=1S/C24H20BrClN2O5S/c1-4-33-23(31)19-12(2)27-24-28(20(19)13-5-7-16(26)8-6-13)22(30)18(34-24)10-14-9-15(25)11-17(32-3)21(14)29/h5-11,20,29H,4H2,1-3H3/b18-10-. The van der Waals surface area contributed by atoms with E-state index in [9.17, 15) is 14.7 Å². The van der Waals surface area contributed by atoms with Crippen molar-refractivity contribution in [3.8, 4) is 11.5 Å². The molecule has 1 aromatic heterocycles. The number of rotatable bonds is 5. The lowest BCUT2D eigenvalue weighted by Crippen LogP contribution is -2.39. The first-order valence-electron chi connectivity index (χ1n) is 10.3. The van der Waals surface area contributed by atoms with E-state index in [-0.39, 0.29) is 29.2 Å². The van der Waals surface area contributed by atoms with Gasteiger partial charge in [0, 0.05) is 15.1 Å². The van der Waals surface area contributed by atoms with Crippen LogP contribution in [-0.4, -0.2) is 29.4 Å². The monoisotopic (exact) mass is 562 g/mol. The molecule has 1 unspecified atom stereocenters. The molecular formula is C24H20BrClN2O5S. The summed E-state index contributed by atoms with van der Waals surface area (Å²) < 4.78 is 13.0. The van der Waals surface area contributed by atoms with Crippen molar-refractivity contribution < 1.29 is 19.4 Å². The number of carbonyl (C=O) groups excluding carboxylic acids is 1. The van der Waals surface area contributed by atoms with Gasteiger partial charge in [0.2, 0.25) is 0 Å². The van der Waals surface area contributed by atoms with Gasteiger partial charge in [-0.3, -0.25) is 9.36 Å². The smallest absolute Gasteiger partial charge is 0.338 e. The fourth-order valence-electron chi connectivity index (χ4n) is 3.75. The normalized spacial score (nSPS) is 15.7. The summed E-state index contributed by atoms with van der Waals surface area (Å²) in [6.07, 6.45) is 1.58. The molecule has 0 saturated carbocycles. The van der Waals surface area contributed by atoms with Crippen molar-refractivity contribution in [2.24, 2.45) is 4.99 Å². The highest BCUT2D eigenvalue weighted by atomic mass is 79.9. The van der Waals surface area contributed by atoms with E-state index in [0.717, 1.165) is 0 Å². The predicted octanol–water partition coefficient (Wildman–Crippen LogP) is 3.93. The Balaban J connectivity index is 1.97. The molecular weight excluding hydrogens is 544 g/mol. The fraction of sp³-hybridized carbons (Fsp3) is 0.208. The van der Waals surface area contributed by atoms with Crippen LogP contribution < -0.4 is 19.6 Å². The second kappa shape index (κ2) is 9.77. The van der Waals surface area contributed by atoms with Crippen molar-refractivity contribution in [1.29, 1.82) is 0 Å². The van der Waals surface area contributed by atoms with Crippen molar-refractivity contribution in [2.75, 3.05) is 13.7 Å². The van der Waals surface area contributed by atoms with Crippen molar-refractivity contribution in [3.63, 3.8) is 0 Å². The summed E-state index contributed by atoms with van der Waals surface area (Å²) in [4.78, 5) is 31.5. The fourth-order valence-corrected chi connectivity index (χ4v) is 5.37. The Labute approximate surface area is 212 Å². The zero-order valence-corrected chi connectivity index (χ0v) is 21.6. The van der Waals surface area contributed by atoms with Gasteiger partial charge in [0.05, 0.1) is 35.6 Å². The number of carbonyl (C=O) groups is 1. The summed E-state index contributed by atoms with van der Waals surface area (Å²) in [5, 5.41) is 11.1. The molecule has 2 aromatic carbocycles. The molecule has 3 aromatic rings. The first-order valence-corrected chi connectivity index (χ1v) is 12.3. The Morgan fingerprint density at radius 3 is 2.68 bits per heavy atom. The quantitative estimate of drug-likeness (QED) is 0.475. The first-order chi connectivity index (χ1) is 16.2. The first kappa shape index (κ1) is 24.3. The largest absolute Gasteiger partial charge is 0.504 e. The number of allylic oxidation sites excluding steroid dienone is 1. The highest BCUT2D eigenvalue weighted by Crippen LogP contribution is 2.34. The minimum atomic E-state index is -0.736. The molecule has 0 radical (unpaired) electrons. The summed E-state index contributed by atoms with van der Waals surface area (Å²) >= 11 is 10.6. The lowest BCUT2D eigenvalue weighted by molar-refractivity contribution is -0.139. The average molecular weight is 564 g/mol. The molecule has 1 aliphatic rings. The number of aromatic hydroxyl groups is 1. The summed E-state index contributed by atoms with van der Waals surface area (Å²) in [7, 11) is 1.45. The third-order valence-electron chi connectivity index (χ3n) is 5.28. The Morgan fingerprint density at radius 1 is 1.32 bits per heavy atom. The van der Waals surface area contributed by atoms with Crippen LogP contribution >= 0.6 is 38.9 Å². The number of ether oxygens (including phenoxy) is 2. The van der Waals surface area contributed by atoms with Gasteiger partial charge in [-0.1, -0.05) is 51.0 Å². The lowest BCUT2D eigenvalue weighted by atomic mass is 9.96. The van der Waals surface area contributed by atoms with Crippen molar-refractivity contribution in [1.82, 2.24) is 4.57 Å². The number of benzene rings is 2. The van der Waals surface area contributed by atoms with Crippen LogP contribution in [0.4, 0.5) is 0 Å². The SMILES string of the molecule is CCOC(=O)C1=C(C)N=c2s/c(=C\c3cc(Br)cc(OC)c3O)c(=O)n2C1c1ccc(Cl)cc1. The van der Waals surface area contributed by atoms with Gasteiger partial charge in [0.15, 0.2) is 16.3 Å². The number of methoxy groups -OCH3 is 1. The Morgan fingerprint density at radius 2 is 2.03 bits per heavy atom. The highest BCUT2D eigenvalue weighted by Gasteiger charge is 2.33. The molecule has 176 valence electrons.